The molecule has 5 aliphatic heterocycles. The molecule has 0 aromatic carbocycles. The smallest absolute Gasteiger partial charge is 0.239 e. The Morgan fingerprint density at radius 3 is 2.35 bits per heavy atom. The largest absolute Gasteiger partial charge is 0.511 e. The van der Waals surface area contributed by atoms with Gasteiger partial charge in [-0.3, -0.25) is 28.8 Å². The molecule has 0 aromatic heterocycles. The third-order valence-corrected chi connectivity index (χ3v) is 14.0. The summed E-state index contributed by atoms with van der Waals surface area (Å²) < 4.78 is 10.6. The normalized spacial score (nSPS) is 19.8. The van der Waals surface area contributed by atoms with Gasteiger partial charge in [0.25, 0.3) is 0 Å². The lowest BCUT2D eigenvalue weighted by molar-refractivity contribution is -0.135. The topological polar surface area (TPSA) is 264 Å². The van der Waals surface area contributed by atoms with Gasteiger partial charge in [0, 0.05) is 71.6 Å². The number of nitrogens with two attached hydrogens (primary N) is 1. The van der Waals surface area contributed by atoms with Crippen molar-refractivity contribution >= 4 is 65.0 Å². The summed E-state index contributed by atoms with van der Waals surface area (Å²) in [6, 6.07) is -0.900. The van der Waals surface area contributed by atoms with Gasteiger partial charge in [0.2, 0.25) is 23.6 Å². The number of allylic oxidation sites excluding steroid dienone is 12. The van der Waals surface area contributed by atoms with E-state index in [-0.39, 0.29) is 80.9 Å². The number of aliphatic hydroxyl groups is 1. The highest BCUT2D eigenvalue weighted by Crippen LogP contribution is 2.46. The van der Waals surface area contributed by atoms with Crippen molar-refractivity contribution < 1.29 is 43.3 Å². The number of aliphatic hydroxyl groups excluding tert-OH is 1. The lowest BCUT2D eigenvalue weighted by Crippen LogP contribution is -2.47. The van der Waals surface area contributed by atoms with Crippen molar-refractivity contribution in [3.05, 3.63) is 104 Å². The number of Topliss-reactive ketones (excluding diaryl/α,β-unsaturated/α-hetero) is 2. The Bertz CT molecular complexity index is 2630. The van der Waals surface area contributed by atoms with E-state index >= 15 is 0 Å². The maximum atomic E-state index is 13.6. The molecule has 19 heteroatoms. The predicted molar refractivity (Wildman–Crippen MR) is 280 cm³/mol. The highest BCUT2D eigenvalue weighted by Gasteiger charge is 2.41. The first kappa shape index (κ1) is 55.0. The third kappa shape index (κ3) is 13.2. The summed E-state index contributed by atoms with van der Waals surface area (Å²) in [6.07, 6.45) is 10.8. The molecule has 8 bridgehead atoms. The van der Waals surface area contributed by atoms with Crippen molar-refractivity contribution in [2.45, 2.75) is 92.5 Å². The second-order valence-electron chi connectivity index (χ2n) is 18.6. The summed E-state index contributed by atoms with van der Waals surface area (Å²) in [5.74, 6) is -3.46. The number of carbonyl (C=O) groups is 6. The Kier molecular flexibility index (Phi) is 19.4. The van der Waals surface area contributed by atoms with Gasteiger partial charge in [-0.15, -0.1) is 0 Å². The van der Waals surface area contributed by atoms with Gasteiger partial charge in [-0.2, -0.15) is 12.6 Å². The second-order valence-corrected chi connectivity index (χ2v) is 18.9. The van der Waals surface area contributed by atoms with Crippen LogP contribution in [0.5, 0.6) is 0 Å². The summed E-state index contributed by atoms with van der Waals surface area (Å²) in [5, 5.41) is 25.8. The zero-order valence-corrected chi connectivity index (χ0v) is 43.1. The average molecular weight is 1010 g/mol. The molecule has 6 aliphatic rings. The summed E-state index contributed by atoms with van der Waals surface area (Å²) >= 11 is 3.98. The van der Waals surface area contributed by atoms with Gasteiger partial charge < -0.3 is 46.9 Å². The highest BCUT2D eigenvalue weighted by atomic mass is 32.1. The van der Waals surface area contributed by atoms with E-state index in [1.165, 1.54) is 6.92 Å². The van der Waals surface area contributed by atoms with E-state index in [0.717, 1.165) is 91.1 Å². The van der Waals surface area contributed by atoms with Crippen LogP contribution in [-0.4, -0.2) is 122 Å². The molecule has 72 heavy (non-hydrogen) atoms. The van der Waals surface area contributed by atoms with E-state index in [9.17, 15) is 33.9 Å². The first-order chi connectivity index (χ1) is 34.5. The Labute approximate surface area is 426 Å². The third-order valence-electron chi connectivity index (χ3n) is 13.6. The minimum Gasteiger partial charge on any atom is -0.511 e. The van der Waals surface area contributed by atoms with E-state index in [1.807, 2.05) is 32.1 Å². The molecule has 8 N–H and O–H groups in total. The Morgan fingerprint density at radius 1 is 0.889 bits per heavy atom. The molecule has 0 aromatic rings. The number of rotatable bonds is 26. The number of carbonyl (C=O) groups excluding carboxylic acids is 6. The summed E-state index contributed by atoms with van der Waals surface area (Å²) in [6.45, 7) is 16.0. The number of hydrogen-bond donors (Lipinski definition) is 8. The molecular formula is C53H69N9O9S. The van der Waals surface area contributed by atoms with E-state index < -0.39 is 48.6 Å². The van der Waals surface area contributed by atoms with E-state index in [0.29, 0.717) is 32.2 Å². The summed E-state index contributed by atoms with van der Waals surface area (Å²) in [4.78, 5) is 91.0. The van der Waals surface area contributed by atoms with Crippen molar-refractivity contribution in [3.63, 3.8) is 0 Å². The van der Waals surface area contributed by atoms with Gasteiger partial charge in [0.05, 0.1) is 79.1 Å². The average Bonchev–Trinajstić information content (AvgIpc) is 4.11. The molecule has 5 heterocycles. The van der Waals surface area contributed by atoms with Gasteiger partial charge in [-0.1, -0.05) is 32.9 Å². The lowest BCUT2D eigenvalue weighted by atomic mass is 9.86. The van der Waals surface area contributed by atoms with E-state index in [2.05, 4.69) is 72.6 Å². The fraction of sp³-hybridized carbons (Fsp3) is 0.491. The molecule has 386 valence electrons. The number of unbranched alkanes of at least 4 members (excludes halogenated alkanes) is 1. The number of aliphatic imine (C=N–C) groups is 3. The standard InChI is InChI=1S/C53H69N9O9S/c1-8-33-29(4)39-21-41-31(6)35(50(61-41)37-20-45(64)49-32(7)42(62-51(37)49)23-44-34(9-2)30(5)40(60-44)22-43(33)59-39)13-14-47(66)55-15-11-10-12-36(52(68)56-16-17-70-18-19-71-26-28(3)63)46(65)24-57-48(67)25-58-53(69)38(54)27-72/h8,21-23,31,35-36,38,61,64,72H,1,9-20,24-27,54H2,2-7H3,(H,55,66)(H,56,68)(H,57,67)(H,58,69). The Balaban J connectivity index is 1.10. The van der Waals surface area contributed by atoms with Crippen LogP contribution in [0.25, 0.3) is 0 Å². The number of ether oxygens (including phenoxy) is 2. The lowest BCUT2D eigenvalue weighted by Gasteiger charge is -2.18. The molecule has 0 saturated carbocycles. The number of thiol groups is 1. The van der Waals surface area contributed by atoms with Crippen molar-refractivity contribution in [2.75, 3.05) is 58.4 Å². The first-order valence-corrected chi connectivity index (χ1v) is 25.3. The van der Waals surface area contributed by atoms with Gasteiger partial charge in [0.1, 0.15) is 12.4 Å². The van der Waals surface area contributed by atoms with Crippen molar-refractivity contribution in [1.29, 1.82) is 0 Å². The summed E-state index contributed by atoms with van der Waals surface area (Å²) in [5.41, 5.74) is 18.9. The highest BCUT2D eigenvalue weighted by molar-refractivity contribution is 7.80. The number of amides is 4. The van der Waals surface area contributed by atoms with Gasteiger partial charge >= 0.3 is 0 Å². The van der Waals surface area contributed by atoms with Crippen LogP contribution in [-0.2, 0) is 38.2 Å². The molecule has 1 aliphatic carbocycles. The van der Waals surface area contributed by atoms with Gasteiger partial charge in [-0.05, 0) is 93.9 Å². The maximum absolute atomic E-state index is 13.6. The van der Waals surface area contributed by atoms with Crippen LogP contribution in [0.1, 0.15) is 86.5 Å². The molecular weight excluding hydrogens is 939 g/mol. The quantitative estimate of drug-likeness (QED) is 0.0344. The Morgan fingerprint density at radius 2 is 1.62 bits per heavy atom. The molecule has 6 rings (SSSR count). The maximum Gasteiger partial charge on any atom is 0.239 e. The van der Waals surface area contributed by atoms with Crippen molar-refractivity contribution in [2.24, 2.45) is 38.5 Å². The van der Waals surface area contributed by atoms with Crippen molar-refractivity contribution in [1.82, 2.24) is 26.6 Å². The predicted octanol–water partition coefficient (Wildman–Crippen LogP) is 4.32. The fourth-order valence-electron chi connectivity index (χ4n) is 9.46. The number of hydrogen-bond acceptors (Lipinski definition) is 15. The van der Waals surface area contributed by atoms with Crippen LogP contribution in [0, 0.1) is 17.8 Å². The van der Waals surface area contributed by atoms with Gasteiger partial charge in [-0.25, -0.2) is 15.0 Å². The fourth-order valence-corrected chi connectivity index (χ4v) is 9.62. The van der Waals surface area contributed by atoms with Crippen LogP contribution in [0.3, 0.4) is 0 Å². The molecule has 4 atom stereocenters. The molecule has 1 fully saturated rings. The number of nitrogens with zero attached hydrogens (tertiary/aromatic N) is 3. The van der Waals surface area contributed by atoms with Gasteiger partial charge in [0.15, 0.2) is 11.6 Å². The van der Waals surface area contributed by atoms with E-state index in [4.69, 9.17) is 30.2 Å². The minimum absolute atomic E-state index is 0.0172. The Hall–Kier alpha value is -6.28. The molecule has 4 unspecified atom stereocenters. The molecule has 1 saturated heterocycles. The van der Waals surface area contributed by atoms with Crippen LogP contribution in [0.4, 0.5) is 0 Å². The summed E-state index contributed by atoms with van der Waals surface area (Å²) in [7, 11) is 0. The zero-order chi connectivity index (χ0) is 52.2. The molecule has 0 radical (unpaired) electrons. The zero-order valence-electron chi connectivity index (χ0n) is 42.2. The number of nitrogens with one attached hydrogen (secondary N) is 5. The SMILES string of the molecule is C=CC1=C(C)C2=NC1=CC1=NC(=CC3=C(C)C4=C(O)CC(=C5NC(=C2)C(C)C5CCC(=O)NCCCCC(C(=O)CNC(=O)CNC(=O)C(N)CS)C(=O)NCCOCCOCC(C)=O)C4=N3)C(CC)=C1C. The molecule has 0 spiro atoms. The monoisotopic (exact) mass is 1010 g/mol. The van der Waals surface area contributed by atoms with Crippen LogP contribution >= 0.6 is 12.6 Å². The van der Waals surface area contributed by atoms with Crippen molar-refractivity contribution in [3.8, 4) is 0 Å². The number of ketones is 2. The van der Waals surface area contributed by atoms with E-state index in [1.54, 1.807) is 0 Å². The molecule has 4 amide bonds. The first-order valence-electron chi connectivity index (χ1n) is 24.7. The minimum atomic E-state index is -1.11. The van der Waals surface area contributed by atoms with Crippen LogP contribution < -0.4 is 32.3 Å². The van der Waals surface area contributed by atoms with Crippen LogP contribution in [0.2, 0.25) is 0 Å². The second kappa shape index (κ2) is 25.4. The number of fused-ring (bicyclic) bond motifs is 5. The molecule has 18 nitrogen and oxygen atoms in total. The van der Waals surface area contributed by atoms with Crippen LogP contribution in [0.15, 0.2) is 119 Å².